The summed E-state index contributed by atoms with van der Waals surface area (Å²) in [6.07, 6.45) is 1.83. The maximum atomic E-state index is 14.3. The van der Waals surface area contributed by atoms with Crippen molar-refractivity contribution in [3.8, 4) is 0 Å². The number of halogens is 2. The van der Waals surface area contributed by atoms with E-state index in [0.29, 0.717) is 23.6 Å². The van der Waals surface area contributed by atoms with Crippen LogP contribution in [0.15, 0.2) is 36.9 Å². The Labute approximate surface area is 218 Å². The molecule has 35 heavy (non-hydrogen) atoms. The van der Waals surface area contributed by atoms with E-state index in [2.05, 4.69) is 22.5 Å². The number of benzene rings is 1. The maximum absolute atomic E-state index is 14.3. The third kappa shape index (κ3) is 4.00. The second-order valence-electron chi connectivity index (χ2n) is 9.60. The zero-order valence-electron chi connectivity index (χ0n) is 19.6. The first-order valence-electron chi connectivity index (χ1n) is 11.8. The molecule has 2 N–H and O–H groups in total. The highest BCUT2D eigenvalue weighted by Crippen LogP contribution is 2.60. The van der Waals surface area contributed by atoms with E-state index in [4.69, 9.17) is 16.3 Å². The number of nitrogens with zero attached hydrogens (tertiary/aromatic N) is 2. The molecule has 3 heterocycles. The van der Waals surface area contributed by atoms with E-state index >= 15 is 0 Å². The molecular formula is C25H30BrClN2O6. The predicted octanol–water partition coefficient (Wildman–Crippen LogP) is 3.10. The van der Waals surface area contributed by atoms with Crippen LogP contribution in [-0.4, -0.2) is 74.7 Å². The number of carbonyl (C=O) groups is 3. The first kappa shape index (κ1) is 26.1. The fourth-order valence-electron chi connectivity index (χ4n) is 6.02. The number of carboxylic acid groups (broad SMARTS) is 1. The topological polar surface area (TPSA) is 107 Å². The first-order chi connectivity index (χ1) is 16.6. The number of aliphatic carboxylic acids is 1. The summed E-state index contributed by atoms with van der Waals surface area (Å²) in [6, 6.07) is 4.98. The molecule has 1 aromatic carbocycles. The number of hydrogen-bond acceptors (Lipinski definition) is 5. The second-order valence-corrected chi connectivity index (χ2v) is 11.2. The molecule has 3 unspecified atom stereocenters. The van der Waals surface area contributed by atoms with Crippen LogP contribution >= 0.6 is 27.5 Å². The van der Waals surface area contributed by atoms with Gasteiger partial charge in [0.1, 0.15) is 11.6 Å². The van der Waals surface area contributed by atoms with Crippen LogP contribution in [0.3, 0.4) is 0 Å². The summed E-state index contributed by atoms with van der Waals surface area (Å²) in [5, 5.41) is 20.9. The fourth-order valence-corrected chi connectivity index (χ4v) is 7.09. The van der Waals surface area contributed by atoms with Gasteiger partial charge in [-0.3, -0.25) is 14.4 Å². The highest BCUT2D eigenvalue weighted by molar-refractivity contribution is 9.09. The number of ether oxygens (including phenoxy) is 1. The lowest BCUT2D eigenvalue weighted by atomic mass is 9.70. The minimum Gasteiger partial charge on any atom is -0.481 e. The van der Waals surface area contributed by atoms with Gasteiger partial charge in [0.25, 0.3) is 5.91 Å². The average Bonchev–Trinajstić information content (AvgIpc) is 3.42. The van der Waals surface area contributed by atoms with Gasteiger partial charge in [0.05, 0.1) is 30.6 Å². The van der Waals surface area contributed by atoms with Crippen LogP contribution in [0.5, 0.6) is 0 Å². The molecule has 3 saturated heterocycles. The zero-order valence-corrected chi connectivity index (χ0v) is 22.0. The van der Waals surface area contributed by atoms with E-state index in [1.165, 1.54) is 9.80 Å². The molecule has 1 aromatic rings. The Morgan fingerprint density at radius 3 is 2.60 bits per heavy atom. The summed E-state index contributed by atoms with van der Waals surface area (Å²) in [7, 11) is 0. The largest absolute Gasteiger partial charge is 0.481 e. The van der Waals surface area contributed by atoms with Crippen molar-refractivity contribution < 1.29 is 29.3 Å². The van der Waals surface area contributed by atoms with E-state index in [-0.39, 0.29) is 23.9 Å². The van der Waals surface area contributed by atoms with Crippen LogP contribution in [0.2, 0.25) is 5.02 Å². The number of likely N-dealkylation sites (tertiary alicyclic amines) is 1. The van der Waals surface area contributed by atoms with Gasteiger partial charge in [-0.25, -0.2) is 0 Å². The molecule has 190 valence electrons. The molecule has 0 radical (unpaired) electrons. The second kappa shape index (κ2) is 9.84. The predicted molar refractivity (Wildman–Crippen MR) is 135 cm³/mol. The van der Waals surface area contributed by atoms with E-state index in [1.54, 1.807) is 30.3 Å². The summed E-state index contributed by atoms with van der Waals surface area (Å²) in [5.41, 5.74) is -0.753. The molecule has 3 aliphatic heterocycles. The lowest BCUT2D eigenvalue weighted by Crippen LogP contribution is -2.60. The molecule has 3 aliphatic rings. The van der Waals surface area contributed by atoms with E-state index in [1.807, 2.05) is 13.8 Å². The summed E-state index contributed by atoms with van der Waals surface area (Å²) in [6.45, 7) is 7.44. The molecule has 1 spiro atoms. The quantitative estimate of drug-likeness (QED) is 0.350. The van der Waals surface area contributed by atoms with Gasteiger partial charge in [-0.2, -0.15) is 0 Å². The monoisotopic (exact) mass is 568 g/mol. The summed E-state index contributed by atoms with van der Waals surface area (Å²) in [5.74, 6) is -4.21. The standard InChI is InChI=1S/C25H30BrClN2O6/c1-4-10-28(15-8-6-14(27)7-9-15)23(32)21-25-11-16(26)20(35-25)18(24(33)34)19(25)22(31)29(21)17(12-30)13(3)5-2/h4,6-9,13,16-21,30H,1,5,10-12H2,2-3H3,(H,33,34)/t13-,16?,17-,18-,19-,20-,21?,25?/m0/s1. The average molecular weight is 570 g/mol. The molecular weight excluding hydrogens is 540 g/mol. The lowest BCUT2D eigenvalue weighted by Gasteiger charge is -2.41. The van der Waals surface area contributed by atoms with Crippen LogP contribution < -0.4 is 4.90 Å². The van der Waals surface area contributed by atoms with Gasteiger partial charge >= 0.3 is 5.97 Å². The molecule has 4 rings (SSSR count). The van der Waals surface area contributed by atoms with Crippen molar-refractivity contribution in [2.45, 2.75) is 55.3 Å². The normalized spacial score (nSPS) is 32.9. The van der Waals surface area contributed by atoms with Crippen molar-refractivity contribution in [1.29, 1.82) is 0 Å². The molecule has 0 saturated carbocycles. The first-order valence-corrected chi connectivity index (χ1v) is 13.1. The van der Waals surface area contributed by atoms with E-state index in [0.717, 1.165) is 0 Å². The smallest absolute Gasteiger partial charge is 0.310 e. The number of rotatable bonds is 9. The van der Waals surface area contributed by atoms with Crippen LogP contribution in [0.4, 0.5) is 5.69 Å². The van der Waals surface area contributed by atoms with Gasteiger partial charge in [0, 0.05) is 22.1 Å². The summed E-state index contributed by atoms with van der Waals surface area (Å²) < 4.78 is 6.33. The number of carboxylic acids is 1. The number of anilines is 1. The van der Waals surface area contributed by atoms with Crippen LogP contribution in [0.25, 0.3) is 0 Å². The number of alkyl halides is 1. The summed E-state index contributed by atoms with van der Waals surface area (Å²) in [4.78, 5) is 43.2. The SMILES string of the molecule is C=CCN(C(=O)C1N([C@@H](CO)[C@@H](C)CC)C(=O)[C@@H]2[C@H](C(=O)O)[C@H]3OC12CC3Br)c1ccc(Cl)cc1. The van der Waals surface area contributed by atoms with Gasteiger partial charge < -0.3 is 24.7 Å². The molecule has 8 atom stereocenters. The van der Waals surface area contributed by atoms with Gasteiger partial charge in [0.15, 0.2) is 0 Å². The number of carbonyl (C=O) groups excluding carboxylic acids is 2. The molecule has 2 amide bonds. The Hall–Kier alpha value is -1.94. The molecule has 0 aromatic heterocycles. The molecule has 10 heteroatoms. The van der Waals surface area contributed by atoms with Crippen molar-refractivity contribution in [1.82, 2.24) is 4.90 Å². The van der Waals surface area contributed by atoms with Gasteiger partial charge in [-0.15, -0.1) is 6.58 Å². The number of aliphatic hydroxyl groups is 1. The molecule has 8 nitrogen and oxygen atoms in total. The number of hydrogen-bond donors (Lipinski definition) is 2. The zero-order chi connectivity index (χ0) is 25.7. The maximum Gasteiger partial charge on any atom is 0.310 e. The Morgan fingerprint density at radius 1 is 1.40 bits per heavy atom. The molecule has 2 bridgehead atoms. The van der Waals surface area contributed by atoms with Crippen LogP contribution in [0, 0.1) is 17.8 Å². The van der Waals surface area contributed by atoms with Gasteiger partial charge in [0.2, 0.25) is 5.91 Å². The number of fused-ring (bicyclic) bond motifs is 1. The third-order valence-electron chi connectivity index (χ3n) is 7.81. The van der Waals surface area contributed by atoms with Crippen molar-refractivity contribution in [2.75, 3.05) is 18.1 Å². The van der Waals surface area contributed by atoms with Crippen molar-refractivity contribution >= 4 is 51.0 Å². The van der Waals surface area contributed by atoms with Crippen LogP contribution in [-0.2, 0) is 19.1 Å². The van der Waals surface area contributed by atoms with Crippen LogP contribution in [0.1, 0.15) is 26.7 Å². The Morgan fingerprint density at radius 2 is 2.06 bits per heavy atom. The van der Waals surface area contributed by atoms with Crippen molar-refractivity contribution in [2.24, 2.45) is 17.8 Å². The van der Waals surface area contributed by atoms with Crippen molar-refractivity contribution in [3.05, 3.63) is 41.9 Å². The number of amides is 2. The Kier molecular flexibility index (Phi) is 7.35. The van der Waals surface area contributed by atoms with E-state index < -0.39 is 53.4 Å². The minimum atomic E-state index is -1.32. The van der Waals surface area contributed by atoms with Gasteiger partial charge in [-0.05, 0) is 36.6 Å². The van der Waals surface area contributed by atoms with E-state index in [9.17, 15) is 24.6 Å². The number of aliphatic hydroxyl groups excluding tert-OH is 1. The van der Waals surface area contributed by atoms with Gasteiger partial charge in [-0.1, -0.05) is 53.9 Å². The highest BCUT2D eigenvalue weighted by atomic mass is 79.9. The highest BCUT2D eigenvalue weighted by Gasteiger charge is 2.77. The molecule has 0 aliphatic carbocycles. The molecule has 3 fully saturated rings. The summed E-state index contributed by atoms with van der Waals surface area (Å²) >= 11 is 9.60. The fraction of sp³-hybridized carbons (Fsp3) is 0.560. The lowest BCUT2D eigenvalue weighted by molar-refractivity contribution is -0.151. The Bertz CT molecular complexity index is 1020. The van der Waals surface area contributed by atoms with Crippen molar-refractivity contribution in [3.63, 3.8) is 0 Å². The third-order valence-corrected chi connectivity index (χ3v) is 8.90. The minimum absolute atomic E-state index is 0.127. The Balaban J connectivity index is 1.86.